The van der Waals surface area contributed by atoms with E-state index < -0.39 is 33.2 Å². The Bertz CT molecular complexity index is 1150. The predicted octanol–water partition coefficient (Wildman–Crippen LogP) is 6.43. The highest BCUT2D eigenvalue weighted by Crippen LogP contribution is 2.37. The normalized spacial score (nSPS) is 11.5. The summed E-state index contributed by atoms with van der Waals surface area (Å²) in [6.07, 6.45) is 0. The van der Waals surface area contributed by atoms with Gasteiger partial charge in [-0.3, -0.25) is 4.72 Å². The van der Waals surface area contributed by atoms with Crippen molar-refractivity contribution in [3.8, 4) is 0 Å². The van der Waals surface area contributed by atoms with Gasteiger partial charge in [-0.2, -0.15) is 0 Å². The maximum atomic E-state index is 14.4. The Balaban J connectivity index is 2.03. The highest BCUT2D eigenvalue weighted by Gasteiger charge is 2.23. The van der Waals surface area contributed by atoms with Crippen molar-refractivity contribution in [3.63, 3.8) is 0 Å². The van der Waals surface area contributed by atoms with Gasteiger partial charge in [-0.25, -0.2) is 21.6 Å². The largest absolute Gasteiger partial charge is 0.349 e. The molecule has 28 heavy (non-hydrogen) atoms. The average molecular weight is 512 g/mol. The van der Waals surface area contributed by atoms with E-state index in [1.54, 1.807) is 13.0 Å². The molecule has 0 fully saturated rings. The van der Waals surface area contributed by atoms with Gasteiger partial charge < -0.3 is 5.32 Å². The fourth-order valence-electron chi connectivity index (χ4n) is 2.27. The zero-order valence-corrected chi connectivity index (χ0v) is 18.0. The molecule has 0 unspecified atom stereocenters. The van der Waals surface area contributed by atoms with Gasteiger partial charge in [0, 0.05) is 4.47 Å². The minimum absolute atomic E-state index is 0.137. The second-order valence-corrected chi connectivity index (χ2v) is 10.1. The predicted molar refractivity (Wildman–Crippen MR) is 109 cm³/mol. The van der Waals surface area contributed by atoms with E-state index in [-0.39, 0.29) is 19.9 Å². The van der Waals surface area contributed by atoms with Crippen LogP contribution in [0.1, 0.15) is 5.56 Å². The third-order valence-corrected chi connectivity index (χ3v) is 7.92. The second-order valence-electron chi connectivity index (χ2n) is 5.68. The van der Waals surface area contributed by atoms with Gasteiger partial charge in [-0.05, 0) is 58.7 Å². The lowest BCUT2D eigenvalue weighted by molar-refractivity contribution is 0.512. The van der Waals surface area contributed by atoms with Crippen LogP contribution >= 0.6 is 38.9 Å². The SMILES string of the molecule is Cc1ccc(Nc2c(NS(=O)(=O)c3cc(Br)c(Cl)s3)ccc(F)c2F)c(F)c1. The molecule has 0 aliphatic carbocycles. The molecule has 2 aromatic carbocycles. The van der Waals surface area contributed by atoms with Crippen molar-refractivity contribution in [3.05, 3.63) is 68.2 Å². The van der Waals surface area contributed by atoms with Crippen molar-refractivity contribution >= 4 is 66.0 Å². The minimum Gasteiger partial charge on any atom is -0.349 e. The molecule has 148 valence electrons. The molecule has 0 bridgehead atoms. The molecular formula is C17H11BrClF3N2O2S2. The van der Waals surface area contributed by atoms with Gasteiger partial charge in [0.25, 0.3) is 10.0 Å². The standard InChI is InChI=1S/C17H11BrClF3N2O2S2/c1-8-2-4-12(11(21)6-8)23-16-13(5-3-10(20)15(16)22)24-28(25,26)14-7-9(18)17(19)27-14/h2-7,23-24H,1H3. The van der Waals surface area contributed by atoms with E-state index in [1.807, 2.05) is 0 Å². The van der Waals surface area contributed by atoms with E-state index in [4.69, 9.17) is 11.6 Å². The maximum absolute atomic E-state index is 14.4. The summed E-state index contributed by atoms with van der Waals surface area (Å²) in [7, 11) is -4.15. The molecule has 0 amide bonds. The fraction of sp³-hybridized carbons (Fsp3) is 0.0588. The average Bonchev–Trinajstić information content (AvgIpc) is 2.96. The zero-order chi connectivity index (χ0) is 20.6. The number of benzene rings is 2. The summed E-state index contributed by atoms with van der Waals surface area (Å²) >= 11 is 9.76. The molecule has 1 heterocycles. The van der Waals surface area contributed by atoms with E-state index in [0.29, 0.717) is 10.0 Å². The maximum Gasteiger partial charge on any atom is 0.271 e. The van der Waals surface area contributed by atoms with Gasteiger partial charge in [-0.15, -0.1) is 11.3 Å². The van der Waals surface area contributed by atoms with Gasteiger partial charge in [-0.1, -0.05) is 17.7 Å². The molecule has 0 spiro atoms. The summed E-state index contributed by atoms with van der Waals surface area (Å²) in [5, 5.41) is 2.42. The van der Waals surface area contributed by atoms with Crippen LogP contribution in [-0.4, -0.2) is 8.42 Å². The van der Waals surface area contributed by atoms with Gasteiger partial charge in [0.15, 0.2) is 11.6 Å². The third-order valence-electron chi connectivity index (χ3n) is 3.61. The topological polar surface area (TPSA) is 58.2 Å². The summed E-state index contributed by atoms with van der Waals surface area (Å²) in [6.45, 7) is 1.67. The number of sulfonamides is 1. The van der Waals surface area contributed by atoms with Crippen LogP contribution in [0.15, 0.2) is 45.1 Å². The number of halogens is 5. The lowest BCUT2D eigenvalue weighted by Gasteiger charge is -2.15. The number of hydrogen-bond donors (Lipinski definition) is 2. The first-order chi connectivity index (χ1) is 13.1. The Morgan fingerprint density at radius 2 is 1.71 bits per heavy atom. The van der Waals surface area contributed by atoms with Gasteiger partial charge >= 0.3 is 0 Å². The molecule has 11 heteroatoms. The number of hydrogen-bond acceptors (Lipinski definition) is 4. The number of thiophene rings is 1. The molecule has 1 aromatic heterocycles. The van der Waals surface area contributed by atoms with E-state index in [2.05, 4.69) is 26.0 Å². The summed E-state index contributed by atoms with van der Waals surface area (Å²) < 4.78 is 70.0. The molecule has 0 saturated carbocycles. The number of aryl methyl sites for hydroxylation is 1. The van der Waals surface area contributed by atoms with Crippen molar-refractivity contribution in [2.24, 2.45) is 0 Å². The highest BCUT2D eigenvalue weighted by atomic mass is 79.9. The Morgan fingerprint density at radius 1 is 1.04 bits per heavy atom. The molecule has 4 nitrogen and oxygen atoms in total. The molecule has 0 saturated heterocycles. The van der Waals surface area contributed by atoms with E-state index >= 15 is 0 Å². The first kappa shape index (κ1) is 21.0. The first-order valence-electron chi connectivity index (χ1n) is 7.57. The number of anilines is 3. The van der Waals surface area contributed by atoms with Crippen LogP contribution < -0.4 is 10.0 Å². The number of rotatable bonds is 5. The fourth-order valence-corrected chi connectivity index (χ4v) is 5.64. The monoisotopic (exact) mass is 510 g/mol. The second kappa shape index (κ2) is 7.94. The van der Waals surface area contributed by atoms with Crippen molar-refractivity contribution in [2.45, 2.75) is 11.1 Å². The van der Waals surface area contributed by atoms with Crippen LogP contribution in [0.5, 0.6) is 0 Å². The summed E-state index contributed by atoms with van der Waals surface area (Å²) in [4.78, 5) is 0. The van der Waals surface area contributed by atoms with E-state index in [0.717, 1.165) is 23.5 Å². The van der Waals surface area contributed by atoms with Gasteiger partial charge in [0.2, 0.25) is 0 Å². The summed E-state index contributed by atoms with van der Waals surface area (Å²) in [5.41, 5.74) is -0.353. The third kappa shape index (κ3) is 4.29. The Hall–Kier alpha value is -1.75. The first-order valence-corrected chi connectivity index (χ1v) is 11.0. The molecule has 3 aromatic rings. The highest BCUT2D eigenvalue weighted by molar-refractivity contribution is 9.10. The molecular weight excluding hydrogens is 501 g/mol. The van der Waals surface area contributed by atoms with Crippen LogP contribution in [0.2, 0.25) is 4.34 Å². The van der Waals surface area contributed by atoms with Crippen LogP contribution in [0.3, 0.4) is 0 Å². The molecule has 0 aliphatic heterocycles. The molecule has 2 N–H and O–H groups in total. The van der Waals surface area contributed by atoms with Crippen LogP contribution in [-0.2, 0) is 10.0 Å². The quantitative estimate of drug-likeness (QED) is 0.415. The van der Waals surface area contributed by atoms with Gasteiger partial charge in [0.05, 0.1) is 11.4 Å². The Labute approximate surface area is 176 Å². The van der Waals surface area contributed by atoms with E-state index in [9.17, 15) is 21.6 Å². The van der Waals surface area contributed by atoms with Crippen molar-refractivity contribution < 1.29 is 21.6 Å². The van der Waals surface area contributed by atoms with Crippen LogP contribution in [0.25, 0.3) is 0 Å². The number of nitrogens with one attached hydrogen (secondary N) is 2. The minimum atomic E-state index is -4.15. The molecule has 3 rings (SSSR count). The summed E-state index contributed by atoms with van der Waals surface area (Å²) in [5.74, 6) is -3.28. The molecule has 0 atom stereocenters. The molecule has 0 aliphatic rings. The van der Waals surface area contributed by atoms with E-state index in [1.165, 1.54) is 18.2 Å². The van der Waals surface area contributed by atoms with Crippen molar-refractivity contribution in [2.75, 3.05) is 10.0 Å². The van der Waals surface area contributed by atoms with Crippen molar-refractivity contribution in [1.82, 2.24) is 0 Å². The van der Waals surface area contributed by atoms with Crippen molar-refractivity contribution in [1.29, 1.82) is 0 Å². The lowest BCUT2D eigenvalue weighted by atomic mass is 10.2. The summed E-state index contributed by atoms with van der Waals surface area (Å²) in [6, 6.07) is 7.19. The zero-order valence-electron chi connectivity index (χ0n) is 14.0. The smallest absolute Gasteiger partial charge is 0.271 e. The van der Waals surface area contributed by atoms with Gasteiger partial charge in [0.1, 0.15) is 20.1 Å². The molecule has 0 radical (unpaired) electrons. The lowest BCUT2D eigenvalue weighted by Crippen LogP contribution is -2.14. The van der Waals surface area contributed by atoms with Crippen LogP contribution in [0.4, 0.5) is 30.2 Å². The Kier molecular flexibility index (Phi) is 5.95. The van der Waals surface area contributed by atoms with Crippen LogP contribution in [0, 0.1) is 24.4 Å². The Morgan fingerprint density at radius 3 is 2.32 bits per heavy atom.